The monoisotopic (exact) mass is 304 g/mol. The van der Waals surface area contributed by atoms with Crippen LogP contribution in [0.4, 0.5) is 0 Å². The molecule has 0 aliphatic carbocycles. The van der Waals surface area contributed by atoms with Crippen LogP contribution >= 0.6 is 0 Å². The maximum absolute atomic E-state index is 12.7. The second kappa shape index (κ2) is 5.61. The van der Waals surface area contributed by atoms with Crippen molar-refractivity contribution in [2.24, 2.45) is 17.8 Å². The quantitative estimate of drug-likeness (QED) is 0.844. The van der Waals surface area contributed by atoms with Gasteiger partial charge < -0.3 is 5.11 Å². The van der Waals surface area contributed by atoms with E-state index >= 15 is 0 Å². The van der Waals surface area contributed by atoms with Crippen LogP contribution in [-0.4, -0.2) is 53.8 Å². The van der Waals surface area contributed by atoms with Crippen molar-refractivity contribution < 1.29 is 18.3 Å². The van der Waals surface area contributed by atoms with E-state index in [1.54, 1.807) is 6.92 Å². The number of nitrogens with zero attached hydrogens (tertiary/aromatic N) is 2. The summed E-state index contributed by atoms with van der Waals surface area (Å²) in [4.78, 5) is 11.4. The molecule has 7 heteroatoms. The lowest BCUT2D eigenvalue weighted by molar-refractivity contribution is -0.141. The van der Waals surface area contributed by atoms with E-state index in [2.05, 4.69) is 0 Å². The Morgan fingerprint density at radius 1 is 1.15 bits per heavy atom. The molecule has 2 aliphatic rings. The highest BCUT2D eigenvalue weighted by Crippen LogP contribution is 2.31. The molecule has 0 amide bonds. The molecule has 0 radical (unpaired) electrons. The number of carbonyl (C=O) groups is 1. The Bertz CT molecular complexity index is 469. The zero-order valence-electron chi connectivity index (χ0n) is 12.3. The van der Waals surface area contributed by atoms with Gasteiger partial charge in [0.05, 0.1) is 0 Å². The molecule has 0 aromatic heterocycles. The summed E-state index contributed by atoms with van der Waals surface area (Å²) in [5, 5.41) is 9.30. The van der Waals surface area contributed by atoms with Crippen LogP contribution in [0.1, 0.15) is 33.6 Å². The van der Waals surface area contributed by atoms with Gasteiger partial charge >= 0.3 is 5.97 Å². The number of hydrogen-bond acceptors (Lipinski definition) is 3. The number of piperidine rings is 1. The standard InChI is InChI=1S/C13H24N2O4S/c1-9-6-10(2)8-14(7-9)20(18,19)15-5-4-11(3)12(15)13(16)17/h9-12H,4-8H2,1-3H3,(H,16,17). The molecule has 6 nitrogen and oxygen atoms in total. The number of rotatable bonds is 3. The first kappa shape index (κ1) is 15.7. The van der Waals surface area contributed by atoms with Crippen molar-refractivity contribution in [1.82, 2.24) is 8.61 Å². The molecule has 2 fully saturated rings. The van der Waals surface area contributed by atoms with Gasteiger partial charge in [-0.05, 0) is 30.6 Å². The molecule has 20 heavy (non-hydrogen) atoms. The molecule has 2 aliphatic heterocycles. The largest absolute Gasteiger partial charge is 0.480 e. The lowest BCUT2D eigenvalue weighted by atomic mass is 9.94. The molecule has 0 aromatic rings. The smallest absolute Gasteiger partial charge is 0.322 e. The van der Waals surface area contributed by atoms with E-state index in [1.807, 2.05) is 13.8 Å². The molecule has 2 saturated heterocycles. The SMILES string of the molecule is CC1CC(C)CN(S(=O)(=O)N2CCC(C)C2C(=O)O)C1. The van der Waals surface area contributed by atoms with Crippen molar-refractivity contribution in [2.75, 3.05) is 19.6 Å². The fraction of sp³-hybridized carbons (Fsp3) is 0.923. The van der Waals surface area contributed by atoms with Gasteiger partial charge in [0.15, 0.2) is 0 Å². The molecule has 0 bridgehead atoms. The van der Waals surface area contributed by atoms with Crippen molar-refractivity contribution in [3.63, 3.8) is 0 Å². The van der Waals surface area contributed by atoms with Gasteiger partial charge in [-0.1, -0.05) is 20.8 Å². The normalized spacial score (nSPS) is 37.1. The van der Waals surface area contributed by atoms with Crippen LogP contribution in [0.2, 0.25) is 0 Å². The highest BCUT2D eigenvalue weighted by Gasteiger charge is 2.46. The minimum atomic E-state index is -3.67. The third-order valence-electron chi connectivity index (χ3n) is 4.37. The van der Waals surface area contributed by atoms with Crippen molar-refractivity contribution >= 4 is 16.2 Å². The predicted octanol–water partition coefficient (Wildman–Crippen LogP) is 1.00. The minimum absolute atomic E-state index is 0.137. The van der Waals surface area contributed by atoms with Crippen molar-refractivity contribution in [2.45, 2.75) is 39.7 Å². The summed E-state index contributed by atoms with van der Waals surface area (Å²) >= 11 is 0. The summed E-state index contributed by atoms with van der Waals surface area (Å²) in [7, 11) is -3.67. The summed E-state index contributed by atoms with van der Waals surface area (Å²) in [6, 6.07) is -0.924. The Morgan fingerprint density at radius 2 is 1.70 bits per heavy atom. The maximum atomic E-state index is 12.7. The third kappa shape index (κ3) is 2.84. The van der Waals surface area contributed by atoms with E-state index in [0.717, 1.165) is 6.42 Å². The zero-order valence-corrected chi connectivity index (χ0v) is 13.1. The van der Waals surface area contributed by atoms with E-state index in [9.17, 15) is 18.3 Å². The molecule has 0 aromatic carbocycles. The molecule has 116 valence electrons. The lowest BCUT2D eigenvalue weighted by Crippen LogP contribution is -2.53. The van der Waals surface area contributed by atoms with Crippen LogP contribution in [0.25, 0.3) is 0 Å². The predicted molar refractivity (Wildman–Crippen MR) is 75.3 cm³/mol. The Hall–Kier alpha value is -0.660. The first-order valence-corrected chi connectivity index (χ1v) is 8.63. The molecule has 4 atom stereocenters. The highest BCUT2D eigenvalue weighted by atomic mass is 32.2. The number of aliphatic carboxylic acids is 1. The van der Waals surface area contributed by atoms with Crippen molar-refractivity contribution in [3.8, 4) is 0 Å². The molecule has 1 N–H and O–H groups in total. The van der Waals surface area contributed by atoms with Crippen molar-refractivity contribution in [1.29, 1.82) is 0 Å². The van der Waals surface area contributed by atoms with Crippen LogP contribution in [0.5, 0.6) is 0 Å². The third-order valence-corrected chi connectivity index (χ3v) is 6.32. The molecule has 0 spiro atoms. The summed E-state index contributed by atoms with van der Waals surface area (Å²) < 4.78 is 28.1. The topological polar surface area (TPSA) is 77.9 Å². The number of hydrogen-bond donors (Lipinski definition) is 1. The second-order valence-corrected chi connectivity index (χ2v) is 8.31. The Labute approximate surface area is 120 Å². The van der Waals surface area contributed by atoms with Crippen LogP contribution in [0.3, 0.4) is 0 Å². The number of carboxylic acids is 1. The average molecular weight is 304 g/mol. The van der Waals surface area contributed by atoms with E-state index in [4.69, 9.17) is 0 Å². The second-order valence-electron chi connectivity index (χ2n) is 6.43. The van der Waals surface area contributed by atoms with Crippen molar-refractivity contribution in [3.05, 3.63) is 0 Å². The molecule has 2 heterocycles. The fourth-order valence-corrected chi connectivity index (χ4v) is 5.58. The summed E-state index contributed by atoms with van der Waals surface area (Å²) in [6.07, 6.45) is 1.62. The van der Waals surface area contributed by atoms with E-state index < -0.39 is 22.2 Å². The summed E-state index contributed by atoms with van der Waals surface area (Å²) in [5.74, 6) is -0.549. The van der Waals surface area contributed by atoms with Gasteiger partial charge in [-0.25, -0.2) is 0 Å². The van der Waals surface area contributed by atoms with Crippen LogP contribution in [0.15, 0.2) is 0 Å². The van der Waals surface area contributed by atoms with Gasteiger partial charge in [0.2, 0.25) is 0 Å². The highest BCUT2D eigenvalue weighted by molar-refractivity contribution is 7.86. The van der Waals surface area contributed by atoms with E-state index in [-0.39, 0.29) is 5.92 Å². The first-order chi connectivity index (χ1) is 9.23. The molecule has 0 saturated carbocycles. The van der Waals surface area contributed by atoms with E-state index in [0.29, 0.717) is 37.9 Å². The first-order valence-electron chi connectivity index (χ1n) is 7.23. The van der Waals surface area contributed by atoms with Gasteiger partial charge in [-0.15, -0.1) is 0 Å². The van der Waals surface area contributed by atoms with Crippen LogP contribution in [-0.2, 0) is 15.0 Å². The Balaban J connectivity index is 2.23. The molecule has 2 rings (SSSR count). The minimum Gasteiger partial charge on any atom is -0.480 e. The van der Waals surface area contributed by atoms with Crippen LogP contribution < -0.4 is 0 Å². The lowest BCUT2D eigenvalue weighted by Gasteiger charge is -2.37. The molecular formula is C13H24N2O4S. The summed E-state index contributed by atoms with van der Waals surface area (Å²) in [5.41, 5.74) is 0. The van der Waals surface area contributed by atoms with Crippen LogP contribution in [0, 0.1) is 17.8 Å². The fourth-order valence-electron chi connectivity index (χ4n) is 3.48. The van der Waals surface area contributed by atoms with Gasteiger partial charge in [-0.3, -0.25) is 4.79 Å². The maximum Gasteiger partial charge on any atom is 0.322 e. The number of carboxylic acid groups (broad SMARTS) is 1. The molecular weight excluding hydrogens is 280 g/mol. The van der Waals surface area contributed by atoms with Gasteiger partial charge in [0, 0.05) is 19.6 Å². The molecule has 4 unspecified atom stereocenters. The van der Waals surface area contributed by atoms with E-state index in [1.165, 1.54) is 8.61 Å². The Kier molecular flexibility index (Phi) is 4.41. The van der Waals surface area contributed by atoms with Gasteiger partial charge in [0.1, 0.15) is 6.04 Å². The van der Waals surface area contributed by atoms with Gasteiger partial charge in [-0.2, -0.15) is 17.0 Å². The zero-order chi connectivity index (χ0) is 15.1. The summed E-state index contributed by atoms with van der Waals surface area (Å²) in [6.45, 7) is 7.17. The average Bonchev–Trinajstić information content (AvgIpc) is 2.70. The Morgan fingerprint density at radius 3 is 2.20 bits per heavy atom. The van der Waals surface area contributed by atoms with Gasteiger partial charge in [0.25, 0.3) is 10.2 Å².